The molecular formula is C26H17Cl. The van der Waals surface area contributed by atoms with Crippen LogP contribution in [0.1, 0.15) is 31.9 Å². The number of hydrogen-bond donors (Lipinski definition) is 0. The minimum Gasteiger partial charge on any atom is -0.0836 e. The first kappa shape index (κ1) is 12.5. The lowest BCUT2D eigenvalue weighted by atomic mass is 9.70. The molecule has 0 unspecified atom stereocenters. The van der Waals surface area contributed by atoms with Crippen LogP contribution in [0.4, 0.5) is 0 Å². The molecule has 0 radical (unpaired) electrons. The third-order valence-electron chi connectivity index (χ3n) is 6.05. The Bertz CT molecular complexity index is 1310. The average Bonchev–Trinajstić information content (AvgIpc) is 3.21. The summed E-state index contributed by atoms with van der Waals surface area (Å²) in [5.74, 6) is 0. The van der Waals surface area contributed by atoms with Gasteiger partial charge in [0, 0.05) is 14.7 Å². The highest BCUT2D eigenvalue weighted by atomic mass is 35.5. The van der Waals surface area contributed by atoms with Crippen molar-refractivity contribution in [3.8, 4) is 22.3 Å². The van der Waals surface area contributed by atoms with Crippen LogP contribution in [-0.2, 0) is 5.41 Å². The van der Waals surface area contributed by atoms with Crippen molar-refractivity contribution >= 4 is 11.6 Å². The van der Waals surface area contributed by atoms with Gasteiger partial charge in [0.15, 0.2) is 0 Å². The molecule has 0 saturated carbocycles. The van der Waals surface area contributed by atoms with Gasteiger partial charge in [-0.2, -0.15) is 0 Å². The molecule has 2 aliphatic carbocycles. The Hall–Kier alpha value is -2.83. The molecule has 2 aliphatic rings. The Morgan fingerprint density at radius 1 is 0.667 bits per heavy atom. The second-order valence-electron chi connectivity index (χ2n) is 7.27. The van der Waals surface area contributed by atoms with Crippen LogP contribution in [0.15, 0.2) is 84.9 Å². The van der Waals surface area contributed by atoms with E-state index in [0.717, 1.165) is 22.3 Å². The summed E-state index contributed by atoms with van der Waals surface area (Å²) in [7, 11) is 0. The molecule has 0 N–H and O–H groups in total. The van der Waals surface area contributed by atoms with Gasteiger partial charge in [0.2, 0.25) is 0 Å². The molecule has 0 nitrogen and oxygen atoms in total. The highest BCUT2D eigenvalue weighted by Gasteiger charge is 2.51. The fourth-order valence-corrected chi connectivity index (χ4v) is 5.49. The van der Waals surface area contributed by atoms with Gasteiger partial charge in [0.1, 0.15) is 0 Å². The van der Waals surface area contributed by atoms with Gasteiger partial charge in [-0.1, -0.05) is 90.5 Å². The van der Waals surface area contributed by atoms with Gasteiger partial charge < -0.3 is 0 Å². The van der Waals surface area contributed by atoms with Crippen LogP contribution >= 0.6 is 11.6 Å². The van der Waals surface area contributed by atoms with E-state index < -0.39 is 12.3 Å². The molecule has 0 aromatic heterocycles. The van der Waals surface area contributed by atoms with E-state index in [0.29, 0.717) is 5.02 Å². The lowest BCUT2D eigenvalue weighted by molar-refractivity contribution is 0.792. The van der Waals surface area contributed by atoms with E-state index in [9.17, 15) is 0 Å². The molecule has 0 fully saturated rings. The van der Waals surface area contributed by atoms with Crippen molar-refractivity contribution < 1.29 is 4.11 Å². The van der Waals surface area contributed by atoms with Crippen LogP contribution < -0.4 is 0 Å². The van der Waals surface area contributed by atoms with Crippen molar-refractivity contribution in [2.75, 3.05) is 0 Å². The van der Waals surface area contributed by atoms with Crippen LogP contribution in [0.25, 0.3) is 22.3 Å². The fourth-order valence-electron chi connectivity index (χ4n) is 5.16. The molecule has 4 aromatic rings. The van der Waals surface area contributed by atoms with Gasteiger partial charge in [-0.15, -0.1) is 0 Å². The maximum atomic E-state index is 8.02. The van der Waals surface area contributed by atoms with Crippen molar-refractivity contribution in [3.63, 3.8) is 0 Å². The largest absolute Gasteiger partial charge is 0.0836 e. The van der Waals surface area contributed by atoms with E-state index >= 15 is 0 Å². The molecule has 0 atom stereocenters. The molecule has 27 heavy (non-hydrogen) atoms. The number of hydrogen-bond acceptors (Lipinski definition) is 0. The van der Waals surface area contributed by atoms with Gasteiger partial charge in [-0.3, -0.25) is 0 Å². The molecule has 4 aromatic carbocycles. The molecule has 128 valence electrons. The molecular weight excluding hydrogens is 348 g/mol. The van der Waals surface area contributed by atoms with Gasteiger partial charge in [-0.05, 0) is 57.4 Å². The zero-order valence-electron chi connectivity index (χ0n) is 17.5. The lowest BCUT2D eigenvalue weighted by Gasteiger charge is -2.30. The van der Waals surface area contributed by atoms with Crippen molar-refractivity contribution in [1.29, 1.82) is 0 Å². The van der Waals surface area contributed by atoms with Crippen LogP contribution in [0.2, 0.25) is 5.02 Å². The van der Waals surface area contributed by atoms with Crippen LogP contribution in [0, 0.1) is 6.85 Å². The Balaban J connectivity index is 1.85. The summed E-state index contributed by atoms with van der Waals surface area (Å²) in [4.78, 5) is 0. The van der Waals surface area contributed by atoms with E-state index in [1.807, 2.05) is 12.1 Å². The van der Waals surface area contributed by atoms with Gasteiger partial charge >= 0.3 is 0 Å². The first-order chi connectivity index (χ1) is 14.4. The second kappa shape index (κ2) is 5.12. The van der Waals surface area contributed by atoms with E-state index in [1.165, 1.54) is 22.3 Å². The standard InChI is InChI=1S/C26H17Cl/c1-16-14-23-25(24(27)15-16)19-10-4-7-13-22(19)26(23)20-11-5-2-8-17(20)18-9-3-6-12-21(18)26/h2-15H,1H3/i1D3. The molecule has 0 saturated heterocycles. The maximum Gasteiger partial charge on any atom is 0.0726 e. The molecule has 0 bridgehead atoms. The molecule has 0 aliphatic heterocycles. The van der Waals surface area contributed by atoms with E-state index in [2.05, 4.69) is 66.7 Å². The number of benzene rings is 4. The average molecular weight is 368 g/mol. The van der Waals surface area contributed by atoms with Crippen molar-refractivity contribution in [1.82, 2.24) is 0 Å². The van der Waals surface area contributed by atoms with E-state index in [4.69, 9.17) is 15.7 Å². The third kappa shape index (κ3) is 1.70. The summed E-state index contributed by atoms with van der Waals surface area (Å²) in [5.41, 5.74) is 8.56. The van der Waals surface area contributed by atoms with Crippen molar-refractivity contribution in [2.45, 2.75) is 12.3 Å². The molecule has 1 heteroatoms. The zero-order chi connectivity index (χ0) is 20.7. The molecule has 0 heterocycles. The molecule has 6 rings (SSSR count). The number of aryl methyl sites for hydroxylation is 1. The quantitative estimate of drug-likeness (QED) is 0.271. The number of rotatable bonds is 0. The smallest absolute Gasteiger partial charge is 0.0726 e. The molecule has 0 amide bonds. The van der Waals surface area contributed by atoms with Crippen LogP contribution in [-0.4, -0.2) is 0 Å². The van der Waals surface area contributed by atoms with E-state index in [-0.39, 0.29) is 5.56 Å². The van der Waals surface area contributed by atoms with Gasteiger partial charge in [0.05, 0.1) is 5.41 Å². The lowest BCUT2D eigenvalue weighted by Crippen LogP contribution is -2.25. The number of fused-ring (bicyclic) bond motifs is 10. The Kier molecular flexibility index (Phi) is 2.38. The Morgan fingerprint density at radius 3 is 1.78 bits per heavy atom. The van der Waals surface area contributed by atoms with Gasteiger partial charge in [0.25, 0.3) is 0 Å². The summed E-state index contributed by atoms with van der Waals surface area (Å²) in [5, 5.41) is 0.491. The Morgan fingerprint density at radius 2 is 1.19 bits per heavy atom. The topological polar surface area (TPSA) is 0 Å². The van der Waals surface area contributed by atoms with Crippen molar-refractivity contribution in [3.05, 3.63) is 118 Å². The van der Waals surface area contributed by atoms with E-state index in [1.54, 1.807) is 6.07 Å². The minimum atomic E-state index is -2.23. The van der Waals surface area contributed by atoms with Crippen LogP contribution in [0.5, 0.6) is 0 Å². The predicted octanol–water partition coefficient (Wildman–Crippen LogP) is 6.99. The highest BCUT2D eigenvalue weighted by molar-refractivity contribution is 6.34. The summed E-state index contributed by atoms with van der Waals surface area (Å²) in [6, 6.07) is 28.6. The monoisotopic (exact) mass is 367 g/mol. The molecule has 1 spiro atoms. The Labute approximate surface area is 168 Å². The zero-order valence-corrected chi connectivity index (χ0v) is 15.2. The third-order valence-corrected chi connectivity index (χ3v) is 6.35. The summed E-state index contributed by atoms with van der Waals surface area (Å²) < 4.78 is 24.1. The minimum absolute atomic E-state index is 0.278. The SMILES string of the molecule is [2H]C([2H])([2H])c1cc(Cl)c2c(c1)C1(c3ccccc3-c3ccccc31)c1ccccc1-2. The predicted molar refractivity (Wildman–Crippen MR) is 112 cm³/mol. The normalized spacial score (nSPS) is 16.7. The fraction of sp³-hybridized carbons (Fsp3) is 0.0769. The number of halogens is 1. The summed E-state index contributed by atoms with van der Waals surface area (Å²) in [6.07, 6.45) is 0. The van der Waals surface area contributed by atoms with Gasteiger partial charge in [-0.25, -0.2) is 0 Å². The first-order valence-electron chi connectivity index (χ1n) is 10.6. The highest BCUT2D eigenvalue weighted by Crippen LogP contribution is 2.63. The van der Waals surface area contributed by atoms with Crippen LogP contribution in [0.3, 0.4) is 0 Å². The van der Waals surface area contributed by atoms with Crippen molar-refractivity contribution in [2.24, 2.45) is 0 Å². The summed E-state index contributed by atoms with van der Waals surface area (Å²) in [6.45, 7) is -2.23. The maximum absolute atomic E-state index is 8.02. The second-order valence-corrected chi connectivity index (χ2v) is 7.67. The summed E-state index contributed by atoms with van der Waals surface area (Å²) >= 11 is 6.77. The first-order valence-corrected chi connectivity index (χ1v) is 9.45.